The minimum atomic E-state index is -0.335. The number of ether oxygens (including phenoxy) is 2. The zero-order chi connectivity index (χ0) is 12.4. The Morgan fingerprint density at radius 1 is 1.65 bits per heavy atom. The number of hydrogen-bond donors (Lipinski definition) is 1. The lowest BCUT2D eigenvalue weighted by Gasteiger charge is -2.13. The number of nitrogen functional groups attached to an aromatic ring is 1. The molecule has 1 atom stereocenters. The molecule has 2 rings (SSSR count). The largest absolute Gasteiger partial charge is 0.456 e. The highest BCUT2D eigenvalue weighted by Crippen LogP contribution is 2.37. The molecule has 1 aliphatic rings. The van der Waals surface area contributed by atoms with E-state index in [-0.39, 0.29) is 12.1 Å². The van der Waals surface area contributed by atoms with Crippen LogP contribution >= 0.6 is 0 Å². The van der Waals surface area contributed by atoms with Gasteiger partial charge in [0.1, 0.15) is 11.8 Å². The molecule has 0 spiro atoms. The normalized spacial score (nSPS) is 16.8. The molecule has 0 radical (unpaired) electrons. The summed E-state index contributed by atoms with van der Waals surface area (Å²) in [4.78, 5) is 11.9. The summed E-state index contributed by atoms with van der Waals surface area (Å²) in [6.07, 6.45) is 3.75. The zero-order valence-corrected chi connectivity index (χ0v) is 10.2. The van der Waals surface area contributed by atoms with Gasteiger partial charge in [0, 0.05) is 19.3 Å². The Labute approximate surface area is 100 Å². The van der Waals surface area contributed by atoms with Gasteiger partial charge in [0.05, 0.1) is 12.3 Å². The van der Waals surface area contributed by atoms with Gasteiger partial charge in [0.2, 0.25) is 0 Å². The van der Waals surface area contributed by atoms with Crippen LogP contribution in [0.3, 0.4) is 0 Å². The number of aromatic nitrogens is 1. The van der Waals surface area contributed by atoms with E-state index in [9.17, 15) is 4.79 Å². The van der Waals surface area contributed by atoms with Crippen LogP contribution in [0.25, 0.3) is 0 Å². The Balaban J connectivity index is 2.07. The van der Waals surface area contributed by atoms with Crippen LogP contribution in [0.2, 0.25) is 0 Å². The van der Waals surface area contributed by atoms with Gasteiger partial charge < -0.3 is 19.8 Å². The molecule has 1 aliphatic carbocycles. The average Bonchev–Trinajstić information content (AvgIpc) is 3.02. The van der Waals surface area contributed by atoms with Crippen LogP contribution in [0, 0.1) is 0 Å². The third-order valence-electron chi connectivity index (χ3n) is 2.73. The first-order valence-corrected chi connectivity index (χ1v) is 5.79. The van der Waals surface area contributed by atoms with E-state index in [1.54, 1.807) is 26.3 Å². The first-order chi connectivity index (χ1) is 8.11. The number of hydrogen-bond acceptors (Lipinski definition) is 4. The van der Waals surface area contributed by atoms with Crippen LogP contribution < -0.4 is 5.73 Å². The Morgan fingerprint density at radius 3 is 2.94 bits per heavy atom. The monoisotopic (exact) mass is 238 g/mol. The Bertz CT molecular complexity index is 410. The zero-order valence-electron chi connectivity index (χ0n) is 10.2. The lowest BCUT2D eigenvalue weighted by Crippen LogP contribution is -2.21. The highest BCUT2D eigenvalue weighted by Gasteiger charge is 2.28. The molecule has 1 unspecified atom stereocenters. The predicted molar refractivity (Wildman–Crippen MR) is 63.9 cm³/mol. The van der Waals surface area contributed by atoms with Crippen molar-refractivity contribution in [1.82, 2.24) is 4.57 Å². The fourth-order valence-corrected chi connectivity index (χ4v) is 1.83. The molecule has 17 heavy (non-hydrogen) atoms. The van der Waals surface area contributed by atoms with Crippen molar-refractivity contribution < 1.29 is 14.3 Å². The van der Waals surface area contributed by atoms with E-state index in [1.165, 1.54) is 0 Å². The van der Waals surface area contributed by atoms with Gasteiger partial charge in [-0.2, -0.15) is 0 Å². The van der Waals surface area contributed by atoms with E-state index >= 15 is 0 Å². The van der Waals surface area contributed by atoms with Crippen LogP contribution in [0.15, 0.2) is 12.3 Å². The molecule has 1 aromatic rings. The second kappa shape index (κ2) is 4.79. The number of nitrogens with two attached hydrogens (primary N) is 1. The molecule has 0 amide bonds. The molecule has 0 bridgehead atoms. The van der Waals surface area contributed by atoms with Crippen LogP contribution in [0.1, 0.15) is 36.3 Å². The van der Waals surface area contributed by atoms with Crippen molar-refractivity contribution in [1.29, 1.82) is 0 Å². The Hall–Kier alpha value is -1.49. The lowest BCUT2D eigenvalue weighted by atomic mass is 10.4. The van der Waals surface area contributed by atoms with Gasteiger partial charge in [-0.25, -0.2) is 4.79 Å². The summed E-state index contributed by atoms with van der Waals surface area (Å²) < 4.78 is 12.1. The summed E-state index contributed by atoms with van der Waals surface area (Å²) in [5, 5.41) is 0. The lowest BCUT2D eigenvalue weighted by molar-refractivity contribution is 0.0109. The highest BCUT2D eigenvalue weighted by molar-refractivity contribution is 5.89. The van der Waals surface area contributed by atoms with Gasteiger partial charge >= 0.3 is 5.97 Å². The summed E-state index contributed by atoms with van der Waals surface area (Å²) in [7, 11) is 1.58. The Morgan fingerprint density at radius 2 is 2.35 bits per heavy atom. The molecule has 1 saturated carbocycles. The fraction of sp³-hybridized carbons (Fsp3) is 0.583. The molecule has 1 heterocycles. The molecular formula is C12H18N2O3. The fourth-order valence-electron chi connectivity index (χ4n) is 1.83. The number of anilines is 1. The quantitative estimate of drug-likeness (QED) is 0.791. The average molecular weight is 238 g/mol. The van der Waals surface area contributed by atoms with Gasteiger partial charge in [-0.05, 0) is 25.8 Å². The van der Waals surface area contributed by atoms with Crippen molar-refractivity contribution in [2.45, 2.75) is 31.9 Å². The standard InChI is InChI=1S/C12H18N2O3/c1-8(7-16-2)17-12(15)11-5-9(13)6-14(11)10-3-4-10/h5-6,8,10H,3-4,7,13H2,1-2H3. The highest BCUT2D eigenvalue weighted by atomic mass is 16.6. The van der Waals surface area contributed by atoms with Crippen LogP contribution in [0.5, 0.6) is 0 Å². The summed E-state index contributed by atoms with van der Waals surface area (Å²) in [6, 6.07) is 2.08. The van der Waals surface area contributed by atoms with Crippen molar-refractivity contribution in [3.05, 3.63) is 18.0 Å². The summed E-state index contributed by atoms with van der Waals surface area (Å²) in [5.74, 6) is -0.335. The van der Waals surface area contributed by atoms with E-state index in [1.807, 2.05) is 4.57 Å². The maximum atomic E-state index is 11.9. The third kappa shape index (κ3) is 2.79. The van der Waals surface area contributed by atoms with Gasteiger partial charge in [-0.1, -0.05) is 0 Å². The van der Waals surface area contributed by atoms with Crippen molar-refractivity contribution in [2.75, 3.05) is 19.5 Å². The minimum absolute atomic E-state index is 0.253. The molecule has 5 heteroatoms. The molecular weight excluding hydrogens is 220 g/mol. The number of methoxy groups -OCH3 is 1. The van der Waals surface area contributed by atoms with Crippen LogP contribution in [-0.4, -0.2) is 30.4 Å². The number of nitrogens with zero attached hydrogens (tertiary/aromatic N) is 1. The molecule has 5 nitrogen and oxygen atoms in total. The summed E-state index contributed by atoms with van der Waals surface area (Å²) in [5.41, 5.74) is 6.85. The van der Waals surface area contributed by atoms with Gasteiger partial charge in [0.25, 0.3) is 0 Å². The number of esters is 1. The molecule has 1 fully saturated rings. The third-order valence-corrected chi connectivity index (χ3v) is 2.73. The predicted octanol–water partition coefficient (Wildman–Crippen LogP) is 1.60. The van der Waals surface area contributed by atoms with E-state index in [0.29, 0.717) is 24.0 Å². The number of carbonyl (C=O) groups excluding carboxylic acids is 1. The summed E-state index contributed by atoms with van der Waals surface area (Å²) >= 11 is 0. The summed E-state index contributed by atoms with van der Waals surface area (Å²) in [6.45, 7) is 2.19. The van der Waals surface area contributed by atoms with Crippen LogP contribution in [0.4, 0.5) is 5.69 Å². The first-order valence-electron chi connectivity index (χ1n) is 5.79. The molecule has 2 N–H and O–H groups in total. The van der Waals surface area contributed by atoms with Crippen molar-refractivity contribution in [3.63, 3.8) is 0 Å². The maximum absolute atomic E-state index is 11.9. The van der Waals surface area contributed by atoms with Gasteiger partial charge in [-0.3, -0.25) is 0 Å². The molecule has 94 valence electrons. The second-order valence-corrected chi connectivity index (χ2v) is 4.47. The second-order valence-electron chi connectivity index (χ2n) is 4.47. The van der Waals surface area contributed by atoms with E-state index in [0.717, 1.165) is 12.8 Å². The molecule has 0 aromatic carbocycles. The van der Waals surface area contributed by atoms with Gasteiger partial charge in [0.15, 0.2) is 0 Å². The maximum Gasteiger partial charge on any atom is 0.355 e. The minimum Gasteiger partial charge on any atom is -0.456 e. The Kier molecular flexibility index (Phi) is 3.38. The van der Waals surface area contributed by atoms with Crippen molar-refractivity contribution >= 4 is 11.7 Å². The van der Waals surface area contributed by atoms with E-state index in [2.05, 4.69) is 0 Å². The molecule has 1 aromatic heterocycles. The molecule has 0 saturated heterocycles. The topological polar surface area (TPSA) is 66.5 Å². The molecule has 0 aliphatic heterocycles. The SMILES string of the molecule is COCC(C)OC(=O)c1cc(N)cn1C1CC1. The van der Waals surface area contributed by atoms with Gasteiger partial charge in [-0.15, -0.1) is 0 Å². The van der Waals surface area contributed by atoms with Crippen molar-refractivity contribution in [2.24, 2.45) is 0 Å². The van der Waals surface area contributed by atoms with Crippen LogP contribution in [-0.2, 0) is 9.47 Å². The first kappa shape index (κ1) is 12.0. The van der Waals surface area contributed by atoms with E-state index < -0.39 is 0 Å². The number of carbonyl (C=O) groups is 1. The smallest absolute Gasteiger partial charge is 0.355 e. The van der Waals surface area contributed by atoms with Crippen molar-refractivity contribution in [3.8, 4) is 0 Å². The van der Waals surface area contributed by atoms with E-state index in [4.69, 9.17) is 15.2 Å². The number of rotatable bonds is 5.